The zero-order valence-corrected chi connectivity index (χ0v) is 12.0. The van der Waals surface area contributed by atoms with Gasteiger partial charge in [-0.2, -0.15) is 5.10 Å². The Bertz CT molecular complexity index is 407. The van der Waals surface area contributed by atoms with Crippen molar-refractivity contribution in [2.45, 2.75) is 6.92 Å². The fourth-order valence-corrected chi connectivity index (χ4v) is 1.44. The summed E-state index contributed by atoms with van der Waals surface area (Å²) in [6.07, 6.45) is 1.69. The number of nitrogens with one attached hydrogen (secondary N) is 2. The van der Waals surface area contributed by atoms with Crippen LogP contribution in [-0.4, -0.2) is 38.2 Å². The lowest BCUT2D eigenvalue weighted by molar-refractivity contribution is 0.204. The van der Waals surface area contributed by atoms with Gasteiger partial charge in [0.15, 0.2) is 5.11 Å². The summed E-state index contributed by atoms with van der Waals surface area (Å²) >= 11 is 5.03. The van der Waals surface area contributed by atoms with E-state index >= 15 is 0 Å². The standard InChI is InChI=1S/C13H19N3O2S/c1-3-18-12-6-4-11(5-7-12)10-15-16-13(19)14-8-9-17-2/h4-7,10H,3,8-9H2,1-2H3,(H2,14,16,19). The lowest BCUT2D eigenvalue weighted by Gasteiger charge is -2.05. The molecule has 1 rings (SSSR count). The molecule has 19 heavy (non-hydrogen) atoms. The minimum Gasteiger partial charge on any atom is -0.494 e. The maximum absolute atomic E-state index is 5.36. The highest BCUT2D eigenvalue weighted by Gasteiger charge is 1.93. The van der Waals surface area contributed by atoms with Crippen LogP contribution >= 0.6 is 12.2 Å². The quantitative estimate of drug-likeness (QED) is 0.343. The van der Waals surface area contributed by atoms with E-state index in [4.69, 9.17) is 21.7 Å². The number of nitrogens with zero attached hydrogens (tertiary/aromatic N) is 1. The molecule has 1 aromatic rings. The fraction of sp³-hybridized carbons (Fsp3) is 0.385. The zero-order valence-electron chi connectivity index (χ0n) is 11.2. The van der Waals surface area contributed by atoms with Crippen molar-refractivity contribution >= 4 is 23.5 Å². The lowest BCUT2D eigenvalue weighted by Crippen LogP contribution is -2.34. The van der Waals surface area contributed by atoms with Gasteiger partial charge in [0.2, 0.25) is 0 Å². The molecule has 0 bridgehead atoms. The third-order valence-corrected chi connectivity index (χ3v) is 2.40. The number of hydrogen-bond donors (Lipinski definition) is 2. The third-order valence-electron chi connectivity index (χ3n) is 2.16. The molecule has 6 heteroatoms. The lowest BCUT2D eigenvalue weighted by atomic mass is 10.2. The van der Waals surface area contributed by atoms with Crippen LogP contribution in [-0.2, 0) is 4.74 Å². The molecule has 0 saturated carbocycles. The number of ether oxygens (including phenoxy) is 2. The van der Waals surface area contributed by atoms with Crippen molar-refractivity contribution in [3.63, 3.8) is 0 Å². The average Bonchev–Trinajstić information content (AvgIpc) is 2.41. The Kier molecular flexibility index (Phi) is 7.53. The Morgan fingerprint density at radius 2 is 2.11 bits per heavy atom. The van der Waals surface area contributed by atoms with Gasteiger partial charge in [0.05, 0.1) is 19.4 Å². The Morgan fingerprint density at radius 3 is 2.74 bits per heavy atom. The van der Waals surface area contributed by atoms with Crippen LogP contribution in [0.3, 0.4) is 0 Å². The van der Waals surface area contributed by atoms with Crippen molar-refractivity contribution in [1.82, 2.24) is 10.7 Å². The van der Waals surface area contributed by atoms with Crippen LogP contribution in [0.25, 0.3) is 0 Å². The third kappa shape index (κ3) is 6.73. The van der Waals surface area contributed by atoms with Crippen molar-refractivity contribution in [3.05, 3.63) is 29.8 Å². The van der Waals surface area contributed by atoms with E-state index in [1.54, 1.807) is 13.3 Å². The van der Waals surface area contributed by atoms with Gasteiger partial charge in [-0.1, -0.05) is 0 Å². The molecule has 0 heterocycles. The summed E-state index contributed by atoms with van der Waals surface area (Å²) < 4.78 is 10.3. The van der Waals surface area contributed by atoms with Crippen molar-refractivity contribution in [1.29, 1.82) is 0 Å². The number of methoxy groups -OCH3 is 1. The van der Waals surface area contributed by atoms with Crippen LogP contribution in [0.1, 0.15) is 12.5 Å². The highest BCUT2D eigenvalue weighted by atomic mass is 32.1. The van der Waals surface area contributed by atoms with Gasteiger partial charge >= 0.3 is 0 Å². The van der Waals surface area contributed by atoms with Gasteiger partial charge in [0, 0.05) is 13.7 Å². The van der Waals surface area contributed by atoms with E-state index in [1.807, 2.05) is 31.2 Å². The number of hydrogen-bond acceptors (Lipinski definition) is 4. The summed E-state index contributed by atoms with van der Waals surface area (Å²) in [5.41, 5.74) is 3.70. The molecule has 1 aromatic carbocycles. The van der Waals surface area contributed by atoms with Gasteiger partial charge in [-0.25, -0.2) is 0 Å². The van der Waals surface area contributed by atoms with E-state index in [2.05, 4.69) is 15.8 Å². The molecule has 104 valence electrons. The van der Waals surface area contributed by atoms with E-state index in [0.29, 0.717) is 24.9 Å². The maximum Gasteiger partial charge on any atom is 0.187 e. The second-order valence-corrected chi connectivity index (χ2v) is 4.03. The molecule has 0 unspecified atom stereocenters. The van der Waals surface area contributed by atoms with Crippen molar-refractivity contribution in [2.75, 3.05) is 26.9 Å². The van der Waals surface area contributed by atoms with Gasteiger partial charge in [-0.3, -0.25) is 5.43 Å². The monoisotopic (exact) mass is 281 g/mol. The number of benzene rings is 1. The fourth-order valence-electron chi connectivity index (χ4n) is 1.29. The summed E-state index contributed by atoms with van der Waals surface area (Å²) in [6.45, 7) is 3.87. The van der Waals surface area contributed by atoms with Crippen LogP contribution in [0.15, 0.2) is 29.4 Å². The van der Waals surface area contributed by atoms with Crippen LogP contribution in [0.4, 0.5) is 0 Å². The van der Waals surface area contributed by atoms with Gasteiger partial charge < -0.3 is 14.8 Å². The second kappa shape index (κ2) is 9.29. The van der Waals surface area contributed by atoms with Gasteiger partial charge in [-0.05, 0) is 49.0 Å². The average molecular weight is 281 g/mol. The number of thiocarbonyl (C=S) groups is 1. The minimum atomic E-state index is 0.472. The summed E-state index contributed by atoms with van der Waals surface area (Å²) in [7, 11) is 1.64. The first-order chi connectivity index (χ1) is 9.26. The SMILES string of the molecule is CCOc1ccc(C=NNC(=S)NCCOC)cc1. The molecule has 0 aliphatic rings. The van der Waals surface area contributed by atoms with E-state index < -0.39 is 0 Å². The van der Waals surface area contributed by atoms with Gasteiger partial charge in [0.25, 0.3) is 0 Å². The van der Waals surface area contributed by atoms with Crippen LogP contribution in [0, 0.1) is 0 Å². The number of hydrazone groups is 1. The highest BCUT2D eigenvalue weighted by molar-refractivity contribution is 7.80. The Morgan fingerprint density at radius 1 is 1.37 bits per heavy atom. The van der Waals surface area contributed by atoms with Gasteiger partial charge in [0.1, 0.15) is 5.75 Å². The summed E-state index contributed by atoms with van der Waals surface area (Å²) in [5.74, 6) is 0.851. The van der Waals surface area contributed by atoms with E-state index in [-0.39, 0.29) is 0 Å². The topological polar surface area (TPSA) is 54.9 Å². The van der Waals surface area contributed by atoms with Crippen molar-refractivity contribution in [2.24, 2.45) is 5.10 Å². The molecule has 2 N–H and O–H groups in total. The van der Waals surface area contributed by atoms with Crippen molar-refractivity contribution in [3.8, 4) is 5.75 Å². The molecular formula is C13H19N3O2S. The van der Waals surface area contributed by atoms with Crippen LogP contribution in [0.5, 0.6) is 5.75 Å². The molecule has 5 nitrogen and oxygen atoms in total. The predicted octanol–water partition coefficient (Wildman–Crippen LogP) is 1.53. The first-order valence-electron chi connectivity index (χ1n) is 6.05. The molecule has 0 fully saturated rings. The second-order valence-electron chi connectivity index (χ2n) is 3.62. The Labute approximate surface area is 119 Å². The minimum absolute atomic E-state index is 0.472. The summed E-state index contributed by atoms with van der Waals surface area (Å²) in [6, 6.07) is 7.66. The molecule has 0 aliphatic carbocycles. The van der Waals surface area contributed by atoms with Crippen molar-refractivity contribution < 1.29 is 9.47 Å². The largest absolute Gasteiger partial charge is 0.494 e. The maximum atomic E-state index is 5.36. The molecular weight excluding hydrogens is 262 g/mol. The normalized spacial score (nSPS) is 10.4. The molecule has 0 spiro atoms. The van der Waals surface area contributed by atoms with Gasteiger partial charge in [-0.15, -0.1) is 0 Å². The Hall–Kier alpha value is -1.66. The zero-order chi connectivity index (χ0) is 13.9. The van der Waals surface area contributed by atoms with E-state index in [1.165, 1.54) is 0 Å². The molecule has 0 saturated heterocycles. The Balaban J connectivity index is 2.33. The molecule has 0 amide bonds. The summed E-state index contributed by atoms with van der Waals surface area (Å²) in [4.78, 5) is 0. The number of rotatable bonds is 7. The smallest absolute Gasteiger partial charge is 0.187 e. The van der Waals surface area contributed by atoms with E-state index in [9.17, 15) is 0 Å². The predicted molar refractivity (Wildman–Crippen MR) is 80.8 cm³/mol. The first kappa shape index (κ1) is 15.4. The highest BCUT2D eigenvalue weighted by Crippen LogP contribution is 2.10. The van der Waals surface area contributed by atoms with Crippen LogP contribution in [0.2, 0.25) is 0 Å². The molecule has 0 atom stereocenters. The van der Waals surface area contributed by atoms with Crippen LogP contribution < -0.4 is 15.5 Å². The molecule has 0 aliphatic heterocycles. The summed E-state index contributed by atoms with van der Waals surface area (Å²) in [5, 5.41) is 7.46. The van der Waals surface area contributed by atoms with E-state index in [0.717, 1.165) is 11.3 Å². The molecule has 0 aromatic heterocycles. The molecule has 0 radical (unpaired) electrons. The first-order valence-corrected chi connectivity index (χ1v) is 6.45.